The van der Waals surface area contributed by atoms with Crippen molar-refractivity contribution in [1.82, 2.24) is 4.90 Å². The fraction of sp³-hybridized carbons (Fsp3) is 0.333. The molecule has 0 aliphatic carbocycles. The summed E-state index contributed by atoms with van der Waals surface area (Å²) in [6.45, 7) is 2.56. The summed E-state index contributed by atoms with van der Waals surface area (Å²) in [6.07, 6.45) is 1.09. The molecule has 0 bridgehead atoms. The Hall–Kier alpha value is -2.14. The van der Waals surface area contributed by atoms with Gasteiger partial charge in [0, 0.05) is 11.4 Å². The number of amides is 1. The molecule has 0 saturated carbocycles. The highest BCUT2D eigenvalue weighted by Crippen LogP contribution is 2.34. The molecule has 2 aromatic rings. The summed E-state index contributed by atoms with van der Waals surface area (Å²) in [7, 11) is 1.37. The summed E-state index contributed by atoms with van der Waals surface area (Å²) in [4.78, 5) is 27.8. The summed E-state index contributed by atoms with van der Waals surface area (Å²) in [6, 6.07) is 9.20. The summed E-state index contributed by atoms with van der Waals surface area (Å²) in [5.41, 5.74) is 3.00. The van der Waals surface area contributed by atoms with Gasteiger partial charge in [0.15, 0.2) is 6.04 Å². The summed E-state index contributed by atoms with van der Waals surface area (Å²) in [5, 5.41) is 1.97. The van der Waals surface area contributed by atoms with E-state index < -0.39 is 6.04 Å². The molecule has 1 amide bonds. The van der Waals surface area contributed by atoms with Crippen LogP contribution in [0, 0.1) is 6.92 Å². The Kier molecular flexibility index (Phi) is 4.48. The van der Waals surface area contributed by atoms with Crippen LogP contribution in [0.3, 0.4) is 0 Å². The number of hydrogen-bond donors (Lipinski definition) is 0. The van der Waals surface area contributed by atoms with Crippen molar-refractivity contribution in [2.24, 2.45) is 0 Å². The van der Waals surface area contributed by atoms with Crippen molar-refractivity contribution >= 4 is 23.2 Å². The van der Waals surface area contributed by atoms with Gasteiger partial charge in [0.05, 0.1) is 13.5 Å². The van der Waals surface area contributed by atoms with E-state index in [2.05, 4.69) is 0 Å². The minimum Gasteiger partial charge on any atom is -0.467 e. The Morgan fingerprint density at radius 1 is 1.35 bits per heavy atom. The first-order chi connectivity index (χ1) is 11.1. The quantitative estimate of drug-likeness (QED) is 0.814. The zero-order chi connectivity index (χ0) is 16.4. The number of esters is 1. The largest absolute Gasteiger partial charge is 0.467 e. The van der Waals surface area contributed by atoms with Gasteiger partial charge in [-0.05, 0) is 35.9 Å². The average Bonchev–Trinajstić information content (AvgIpc) is 3.01. The topological polar surface area (TPSA) is 46.6 Å². The number of methoxy groups -OCH3 is 1. The molecule has 1 aromatic heterocycles. The van der Waals surface area contributed by atoms with Crippen LogP contribution in [0.2, 0.25) is 0 Å². The smallest absolute Gasteiger partial charge is 0.333 e. The van der Waals surface area contributed by atoms with E-state index in [4.69, 9.17) is 4.74 Å². The number of fused-ring (bicyclic) bond motifs is 1. The zero-order valence-electron chi connectivity index (χ0n) is 13.2. The SMILES string of the molecule is COC(=O)C1c2ccsc2CCN1C(=O)Cc1cccc(C)c1. The van der Waals surface area contributed by atoms with E-state index in [1.54, 1.807) is 16.2 Å². The summed E-state index contributed by atoms with van der Waals surface area (Å²) < 4.78 is 4.94. The van der Waals surface area contributed by atoms with Gasteiger partial charge in [0.2, 0.25) is 5.91 Å². The number of benzene rings is 1. The maximum Gasteiger partial charge on any atom is 0.333 e. The van der Waals surface area contributed by atoms with Crippen molar-refractivity contribution in [3.8, 4) is 0 Å². The number of aryl methyl sites for hydroxylation is 1. The lowest BCUT2D eigenvalue weighted by Gasteiger charge is -2.34. The highest BCUT2D eigenvalue weighted by atomic mass is 32.1. The Bertz CT molecular complexity index is 737. The van der Waals surface area contributed by atoms with Crippen molar-refractivity contribution in [2.75, 3.05) is 13.7 Å². The van der Waals surface area contributed by atoms with Crippen LogP contribution in [0.5, 0.6) is 0 Å². The lowest BCUT2D eigenvalue weighted by Crippen LogP contribution is -2.44. The Morgan fingerprint density at radius 2 is 2.17 bits per heavy atom. The van der Waals surface area contributed by atoms with E-state index in [1.807, 2.05) is 42.6 Å². The molecule has 1 aliphatic heterocycles. The predicted octanol–water partition coefficient (Wildman–Crippen LogP) is 2.90. The van der Waals surface area contributed by atoms with Crippen LogP contribution in [0.25, 0.3) is 0 Å². The van der Waals surface area contributed by atoms with Gasteiger partial charge < -0.3 is 9.64 Å². The van der Waals surface area contributed by atoms with Crippen molar-refractivity contribution in [2.45, 2.75) is 25.8 Å². The van der Waals surface area contributed by atoms with Gasteiger partial charge in [0.1, 0.15) is 0 Å². The van der Waals surface area contributed by atoms with Gasteiger partial charge in [-0.25, -0.2) is 4.79 Å². The molecule has 0 N–H and O–H groups in total. The zero-order valence-corrected chi connectivity index (χ0v) is 14.1. The van der Waals surface area contributed by atoms with Gasteiger partial charge in [0.25, 0.3) is 0 Å². The fourth-order valence-corrected chi connectivity index (χ4v) is 3.95. The molecule has 1 aliphatic rings. The van der Waals surface area contributed by atoms with Crippen molar-refractivity contribution in [3.63, 3.8) is 0 Å². The third kappa shape index (κ3) is 3.15. The molecule has 0 spiro atoms. The highest BCUT2D eigenvalue weighted by Gasteiger charge is 2.37. The molecule has 2 heterocycles. The Balaban J connectivity index is 1.85. The maximum atomic E-state index is 12.8. The molecule has 23 heavy (non-hydrogen) atoms. The number of carbonyl (C=O) groups is 2. The second-order valence-corrected chi connectivity index (χ2v) is 6.73. The van der Waals surface area contributed by atoms with E-state index in [-0.39, 0.29) is 11.9 Å². The van der Waals surface area contributed by atoms with E-state index in [1.165, 1.54) is 12.0 Å². The molecule has 1 atom stereocenters. The Labute approximate surface area is 139 Å². The van der Waals surface area contributed by atoms with Crippen molar-refractivity contribution in [1.29, 1.82) is 0 Å². The number of carbonyl (C=O) groups excluding carboxylic acids is 2. The van der Waals surface area contributed by atoms with E-state index >= 15 is 0 Å². The highest BCUT2D eigenvalue weighted by molar-refractivity contribution is 7.10. The van der Waals surface area contributed by atoms with E-state index in [0.29, 0.717) is 13.0 Å². The number of hydrogen-bond acceptors (Lipinski definition) is 4. The number of thiophene rings is 1. The lowest BCUT2D eigenvalue weighted by molar-refractivity contribution is -0.153. The van der Waals surface area contributed by atoms with Gasteiger partial charge in [-0.2, -0.15) is 0 Å². The molecular weight excluding hydrogens is 310 g/mol. The molecule has 1 unspecified atom stereocenters. The normalized spacial score (nSPS) is 16.8. The molecule has 0 radical (unpaired) electrons. The average molecular weight is 329 g/mol. The predicted molar refractivity (Wildman–Crippen MR) is 89.4 cm³/mol. The second kappa shape index (κ2) is 6.54. The first-order valence-electron chi connectivity index (χ1n) is 7.59. The molecule has 1 aromatic carbocycles. The molecule has 3 rings (SSSR count). The number of ether oxygens (including phenoxy) is 1. The second-order valence-electron chi connectivity index (χ2n) is 5.73. The first kappa shape index (κ1) is 15.7. The van der Waals surface area contributed by atoms with Crippen molar-refractivity contribution < 1.29 is 14.3 Å². The van der Waals surface area contributed by atoms with Crippen LogP contribution < -0.4 is 0 Å². The van der Waals surface area contributed by atoms with Crippen LogP contribution in [-0.4, -0.2) is 30.4 Å². The van der Waals surface area contributed by atoms with Gasteiger partial charge in [-0.3, -0.25) is 4.79 Å². The van der Waals surface area contributed by atoms with Crippen LogP contribution in [0.1, 0.15) is 27.6 Å². The maximum absolute atomic E-state index is 12.8. The number of nitrogens with zero attached hydrogens (tertiary/aromatic N) is 1. The molecule has 120 valence electrons. The van der Waals surface area contributed by atoms with E-state index in [0.717, 1.165) is 23.1 Å². The van der Waals surface area contributed by atoms with Crippen LogP contribution in [0.4, 0.5) is 0 Å². The number of rotatable bonds is 3. The minimum absolute atomic E-state index is 0.0390. The minimum atomic E-state index is -0.618. The Morgan fingerprint density at radius 3 is 2.91 bits per heavy atom. The molecule has 0 saturated heterocycles. The van der Waals surface area contributed by atoms with Gasteiger partial charge in [-0.15, -0.1) is 11.3 Å². The van der Waals surface area contributed by atoms with Gasteiger partial charge >= 0.3 is 5.97 Å². The van der Waals surface area contributed by atoms with Crippen LogP contribution >= 0.6 is 11.3 Å². The van der Waals surface area contributed by atoms with E-state index in [9.17, 15) is 9.59 Å². The van der Waals surface area contributed by atoms with Crippen LogP contribution in [0.15, 0.2) is 35.7 Å². The first-order valence-corrected chi connectivity index (χ1v) is 8.47. The van der Waals surface area contributed by atoms with Crippen molar-refractivity contribution in [3.05, 3.63) is 57.3 Å². The molecular formula is C18H19NO3S. The third-order valence-electron chi connectivity index (χ3n) is 4.15. The summed E-state index contributed by atoms with van der Waals surface area (Å²) >= 11 is 1.63. The third-order valence-corrected chi connectivity index (χ3v) is 5.15. The summed E-state index contributed by atoms with van der Waals surface area (Å²) in [5.74, 6) is -0.412. The fourth-order valence-electron chi connectivity index (χ4n) is 3.05. The molecule has 4 nitrogen and oxygen atoms in total. The monoisotopic (exact) mass is 329 g/mol. The molecule has 0 fully saturated rings. The molecule has 5 heteroatoms. The van der Waals surface area contributed by atoms with Crippen LogP contribution in [-0.2, 0) is 27.2 Å². The standard InChI is InChI=1S/C18H19NO3S/c1-12-4-3-5-13(10-12)11-16(20)19-8-6-15-14(7-9-23-15)17(19)18(21)22-2/h3-5,7,9-10,17H,6,8,11H2,1-2H3. The lowest BCUT2D eigenvalue weighted by atomic mass is 9.98. The van der Waals surface area contributed by atoms with Gasteiger partial charge in [-0.1, -0.05) is 29.8 Å².